The molecule has 0 aliphatic carbocycles. The second-order valence-electron chi connectivity index (χ2n) is 6.54. The van der Waals surface area contributed by atoms with Gasteiger partial charge in [-0.15, -0.1) is 0 Å². The Morgan fingerprint density at radius 2 is 1.90 bits per heavy atom. The molecule has 1 fully saturated rings. The zero-order chi connectivity index (χ0) is 21.2. The lowest BCUT2D eigenvalue weighted by molar-refractivity contribution is -0.387. The summed E-state index contributed by atoms with van der Waals surface area (Å²) >= 11 is 0. The van der Waals surface area contributed by atoms with Crippen molar-refractivity contribution in [2.24, 2.45) is 0 Å². The fourth-order valence-corrected chi connectivity index (χ4v) is 4.48. The maximum absolute atomic E-state index is 13.4. The van der Waals surface area contributed by atoms with Crippen molar-refractivity contribution in [1.82, 2.24) is 4.31 Å². The summed E-state index contributed by atoms with van der Waals surface area (Å²) in [5.74, 6) is -1.73. The van der Waals surface area contributed by atoms with E-state index in [1.165, 1.54) is 34.6 Å². The average Bonchev–Trinajstić information content (AvgIpc) is 2.69. The van der Waals surface area contributed by atoms with Gasteiger partial charge in [0, 0.05) is 30.4 Å². The Labute approximate surface area is 166 Å². The molecule has 154 valence electrons. The van der Waals surface area contributed by atoms with E-state index in [4.69, 9.17) is 0 Å². The van der Waals surface area contributed by atoms with Crippen LogP contribution in [0.5, 0.6) is 0 Å². The summed E-state index contributed by atoms with van der Waals surface area (Å²) in [4.78, 5) is 22.3. The molecule has 1 amide bonds. The van der Waals surface area contributed by atoms with Crippen LogP contribution in [-0.2, 0) is 10.0 Å². The number of benzene rings is 2. The lowest BCUT2D eigenvalue weighted by Crippen LogP contribution is -2.40. The number of piperidine rings is 1. The van der Waals surface area contributed by atoms with Gasteiger partial charge < -0.3 is 10.4 Å². The number of carbonyl (C=O) groups is 1. The number of aliphatic hydroxyl groups excluding tert-OH is 1. The topological polar surface area (TPSA) is 130 Å². The molecule has 0 spiro atoms. The summed E-state index contributed by atoms with van der Waals surface area (Å²) in [7, 11) is -3.83. The number of anilines is 1. The summed E-state index contributed by atoms with van der Waals surface area (Å²) in [5, 5.41) is 22.8. The van der Waals surface area contributed by atoms with Crippen LogP contribution >= 0.6 is 0 Å². The van der Waals surface area contributed by atoms with Crippen LogP contribution in [0.25, 0.3) is 0 Å². The minimum absolute atomic E-state index is 0.00128. The predicted molar refractivity (Wildman–Crippen MR) is 101 cm³/mol. The van der Waals surface area contributed by atoms with E-state index in [9.17, 15) is 32.8 Å². The van der Waals surface area contributed by atoms with Crippen LogP contribution in [0.4, 0.5) is 15.8 Å². The third-order valence-electron chi connectivity index (χ3n) is 4.56. The minimum Gasteiger partial charge on any atom is -0.393 e. The number of hydrogen-bond donors (Lipinski definition) is 2. The SMILES string of the molecule is O=C(Nc1ccc(F)c([N+](=O)[O-])c1)c1cccc(S(=O)(=O)N2CCC(O)CC2)c1. The van der Waals surface area contributed by atoms with E-state index in [1.54, 1.807) is 0 Å². The van der Waals surface area contributed by atoms with Gasteiger partial charge in [-0.3, -0.25) is 14.9 Å². The summed E-state index contributed by atoms with van der Waals surface area (Å²) in [6.45, 7) is 0.359. The molecule has 0 saturated carbocycles. The molecule has 0 radical (unpaired) electrons. The van der Waals surface area contributed by atoms with E-state index >= 15 is 0 Å². The molecular weight excluding hydrogens is 405 g/mol. The Balaban J connectivity index is 1.81. The number of nitrogens with one attached hydrogen (secondary N) is 1. The van der Waals surface area contributed by atoms with Gasteiger partial charge in [-0.1, -0.05) is 6.07 Å². The van der Waals surface area contributed by atoms with Crippen LogP contribution in [0.2, 0.25) is 0 Å². The van der Waals surface area contributed by atoms with Crippen molar-refractivity contribution < 1.29 is 27.6 Å². The monoisotopic (exact) mass is 423 g/mol. The van der Waals surface area contributed by atoms with Crippen LogP contribution in [0.3, 0.4) is 0 Å². The number of nitro benzene ring substituents is 1. The van der Waals surface area contributed by atoms with Crippen molar-refractivity contribution in [3.63, 3.8) is 0 Å². The lowest BCUT2D eigenvalue weighted by Gasteiger charge is -2.28. The lowest BCUT2D eigenvalue weighted by atomic mass is 10.1. The van der Waals surface area contributed by atoms with Gasteiger partial charge in [0.2, 0.25) is 15.8 Å². The number of rotatable bonds is 5. The number of carbonyl (C=O) groups excluding carboxylic acids is 1. The number of halogens is 1. The van der Waals surface area contributed by atoms with Crippen molar-refractivity contribution in [2.45, 2.75) is 23.8 Å². The summed E-state index contributed by atoms with van der Waals surface area (Å²) in [6, 6.07) is 8.28. The Hall–Kier alpha value is -2.89. The molecule has 0 aromatic heterocycles. The van der Waals surface area contributed by atoms with E-state index in [-0.39, 0.29) is 29.2 Å². The molecular formula is C18H18FN3O6S. The van der Waals surface area contributed by atoms with Crippen LogP contribution in [-0.4, -0.2) is 47.9 Å². The highest BCUT2D eigenvalue weighted by Crippen LogP contribution is 2.24. The molecule has 2 aromatic carbocycles. The number of sulfonamides is 1. The third-order valence-corrected chi connectivity index (χ3v) is 6.45. The van der Waals surface area contributed by atoms with E-state index in [1.807, 2.05) is 0 Å². The summed E-state index contributed by atoms with van der Waals surface area (Å²) < 4.78 is 40.2. The van der Waals surface area contributed by atoms with E-state index in [0.717, 1.165) is 12.1 Å². The first kappa shape index (κ1) is 20.8. The molecule has 29 heavy (non-hydrogen) atoms. The molecule has 3 rings (SSSR count). The molecule has 0 unspecified atom stereocenters. The smallest absolute Gasteiger partial charge is 0.306 e. The Morgan fingerprint density at radius 1 is 1.21 bits per heavy atom. The standard InChI is InChI=1S/C18H18FN3O6S/c19-16-5-4-13(11-17(16)22(25)26)20-18(24)12-2-1-3-15(10-12)29(27,28)21-8-6-14(23)7-9-21/h1-5,10-11,14,23H,6-9H2,(H,20,24). The largest absolute Gasteiger partial charge is 0.393 e. The molecule has 0 bridgehead atoms. The van der Waals surface area contributed by atoms with Crippen LogP contribution in [0, 0.1) is 15.9 Å². The molecule has 1 aliphatic heterocycles. The minimum atomic E-state index is -3.83. The zero-order valence-electron chi connectivity index (χ0n) is 15.1. The zero-order valence-corrected chi connectivity index (χ0v) is 15.9. The molecule has 0 atom stereocenters. The Bertz CT molecular complexity index is 1050. The predicted octanol–water partition coefficient (Wildman–Crippen LogP) is 2.13. The molecule has 2 N–H and O–H groups in total. The van der Waals surface area contributed by atoms with Gasteiger partial charge >= 0.3 is 5.69 Å². The molecule has 1 aliphatic rings. The Kier molecular flexibility index (Phi) is 5.91. The first-order valence-electron chi connectivity index (χ1n) is 8.72. The number of nitro groups is 1. The first-order valence-corrected chi connectivity index (χ1v) is 10.2. The second kappa shape index (κ2) is 8.23. The van der Waals surface area contributed by atoms with Crippen molar-refractivity contribution in [3.05, 3.63) is 64.0 Å². The highest BCUT2D eigenvalue weighted by atomic mass is 32.2. The third kappa shape index (κ3) is 4.58. The van der Waals surface area contributed by atoms with Gasteiger partial charge in [-0.2, -0.15) is 8.70 Å². The maximum Gasteiger partial charge on any atom is 0.306 e. The molecule has 1 saturated heterocycles. The van der Waals surface area contributed by atoms with Gasteiger partial charge in [0.15, 0.2) is 0 Å². The summed E-state index contributed by atoms with van der Waals surface area (Å²) in [6.07, 6.45) is 0.143. The molecule has 9 nitrogen and oxygen atoms in total. The Morgan fingerprint density at radius 3 is 2.55 bits per heavy atom. The number of amides is 1. The molecule has 11 heteroatoms. The fourth-order valence-electron chi connectivity index (χ4n) is 2.96. The van der Waals surface area contributed by atoms with E-state index in [0.29, 0.717) is 12.8 Å². The maximum atomic E-state index is 13.4. The van der Waals surface area contributed by atoms with Crippen molar-refractivity contribution in [1.29, 1.82) is 0 Å². The first-order chi connectivity index (χ1) is 13.7. The normalized spacial score (nSPS) is 15.8. The van der Waals surface area contributed by atoms with Crippen LogP contribution in [0.15, 0.2) is 47.4 Å². The molecule has 1 heterocycles. The van der Waals surface area contributed by atoms with Gasteiger partial charge in [0.05, 0.1) is 15.9 Å². The van der Waals surface area contributed by atoms with Crippen molar-refractivity contribution in [3.8, 4) is 0 Å². The van der Waals surface area contributed by atoms with Crippen LogP contribution in [0.1, 0.15) is 23.2 Å². The number of aliphatic hydroxyl groups is 1. The quantitative estimate of drug-likeness (QED) is 0.560. The van der Waals surface area contributed by atoms with Gasteiger partial charge in [0.1, 0.15) is 0 Å². The summed E-state index contributed by atoms with van der Waals surface area (Å²) in [5.41, 5.74) is -0.761. The van der Waals surface area contributed by atoms with Gasteiger partial charge in [0.25, 0.3) is 5.91 Å². The van der Waals surface area contributed by atoms with Gasteiger partial charge in [-0.25, -0.2) is 8.42 Å². The van der Waals surface area contributed by atoms with Gasteiger partial charge in [-0.05, 0) is 43.2 Å². The molecule has 2 aromatic rings. The fraction of sp³-hybridized carbons (Fsp3) is 0.278. The highest BCUT2D eigenvalue weighted by Gasteiger charge is 2.29. The van der Waals surface area contributed by atoms with Crippen molar-refractivity contribution >= 4 is 27.3 Å². The van der Waals surface area contributed by atoms with Crippen molar-refractivity contribution in [2.75, 3.05) is 18.4 Å². The number of nitrogens with zero attached hydrogens (tertiary/aromatic N) is 2. The average molecular weight is 423 g/mol. The van der Waals surface area contributed by atoms with E-state index < -0.39 is 38.5 Å². The number of hydrogen-bond acceptors (Lipinski definition) is 6. The van der Waals surface area contributed by atoms with Crippen LogP contribution < -0.4 is 5.32 Å². The van der Waals surface area contributed by atoms with E-state index in [2.05, 4.69) is 5.32 Å². The highest BCUT2D eigenvalue weighted by molar-refractivity contribution is 7.89. The second-order valence-corrected chi connectivity index (χ2v) is 8.48.